The van der Waals surface area contributed by atoms with Gasteiger partial charge in [-0.25, -0.2) is 4.39 Å². The fourth-order valence-electron chi connectivity index (χ4n) is 2.49. The van der Waals surface area contributed by atoms with Crippen LogP contribution >= 0.6 is 0 Å². The normalized spacial score (nSPS) is 14.7. The van der Waals surface area contributed by atoms with Crippen LogP contribution in [0.1, 0.15) is 42.5 Å². The van der Waals surface area contributed by atoms with E-state index in [-0.39, 0.29) is 5.82 Å². The average molecular weight is 315 g/mol. The van der Waals surface area contributed by atoms with Crippen molar-refractivity contribution in [2.75, 3.05) is 0 Å². The molecule has 1 aliphatic carbocycles. The number of hydrogen-bond donors (Lipinski definition) is 2. The standard InChI is InChI=1S/C12H9FN2O.C6H13N/c13-10-3-1-2-8(6-10)11-5-4-9(7-15-11)12(14)16;7-6-4-2-1-3-5-6/h1-7H,(H2,14,16);6H,1-5,7H2. The highest BCUT2D eigenvalue weighted by Gasteiger charge is 2.06. The lowest BCUT2D eigenvalue weighted by molar-refractivity contribution is 0.1000. The monoisotopic (exact) mass is 315 g/mol. The van der Waals surface area contributed by atoms with Crippen LogP contribution < -0.4 is 11.5 Å². The summed E-state index contributed by atoms with van der Waals surface area (Å²) in [6.45, 7) is 0. The molecule has 0 radical (unpaired) electrons. The number of carbonyl (C=O) groups excluding carboxylic acids is 1. The minimum Gasteiger partial charge on any atom is -0.366 e. The minimum absolute atomic E-state index is 0.321. The molecule has 0 bridgehead atoms. The second kappa shape index (κ2) is 8.39. The van der Waals surface area contributed by atoms with Crippen molar-refractivity contribution >= 4 is 5.91 Å². The first kappa shape index (κ1) is 17.1. The van der Waals surface area contributed by atoms with Crippen molar-refractivity contribution < 1.29 is 9.18 Å². The van der Waals surface area contributed by atoms with Crippen molar-refractivity contribution in [3.63, 3.8) is 0 Å². The summed E-state index contributed by atoms with van der Waals surface area (Å²) in [4.78, 5) is 14.9. The van der Waals surface area contributed by atoms with E-state index in [1.807, 2.05) is 0 Å². The molecule has 1 fully saturated rings. The number of nitrogens with two attached hydrogens (primary N) is 2. The molecule has 5 heteroatoms. The van der Waals surface area contributed by atoms with Crippen LogP contribution in [0.15, 0.2) is 42.6 Å². The van der Waals surface area contributed by atoms with Crippen LogP contribution in [0.2, 0.25) is 0 Å². The molecule has 122 valence electrons. The molecule has 1 amide bonds. The largest absolute Gasteiger partial charge is 0.366 e. The van der Waals surface area contributed by atoms with E-state index in [0.29, 0.717) is 22.9 Å². The molecule has 0 aliphatic heterocycles. The number of hydrogen-bond acceptors (Lipinski definition) is 3. The van der Waals surface area contributed by atoms with Gasteiger partial charge in [0.25, 0.3) is 0 Å². The first-order valence-corrected chi connectivity index (χ1v) is 7.83. The molecule has 2 aromatic rings. The van der Waals surface area contributed by atoms with Crippen molar-refractivity contribution in [1.82, 2.24) is 4.98 Å². The minimum atomic E-state index is -0.529. The van der Waals surface area contributed by atoms with Crippen molar-refractivity contribution in [1.29, 1.82) is 0 Å². The molecule has 23 heavy (non-hydrogen) atoms. The zero-order chi connectivity index (χ0) is 16.7. The molecule has 3 rings (SSSR count). The number of benzene rings is 1. The van der Waals surface area contributed by atoms with E-state index >= 15 is 0 Å². The smallest absolute Gasteiger partial charge is 0.250 e. The van der Waals surface area contributed by atoms with Gasteiger partial charge in [0, 0.05) is 17.8 Å². The Morgan fingerprint density at radius 1 is 1.13 bits per heavy atom. The zero-order valence-corrected chi connectivity index (χ0v) is 13.0. The number of carbonyl (C=O) groups is 1. The van der Waals surface area contributed by atoms with Gasteiger partial charge in [0.05, 0.1) is 11.3 Å². The average Bonchev–Trinajstić information content (AvgIpc) is 2.56. The van der Waals surface area contributed by atoms with Gasteiger partial charge in [-0.1, -0.05) is 31.4 Å². The molecule has 4 N–H and O–H groups in total. The SMILES string of the molecule is NC(=O)c1ccc(-c2cccc(F)c2)nc1.NC1CCCCC1. The number of pyridine rings is 1. The predicted molar refractivity (Wildman–Crippen MR) is 89.2 cm³/mol. The van der Waals surface area contributed by atoms with Crippen LogP contribution in [-0.2, 0) is 0 Å². The maximum absolute atomic E-state index is 13.0. The van der Waals surface area contributed by atoms with Gasteiger partial charge in [0.2, 0.25) is 5.91 Å². The first-order valence-electron chi connectivity index (χ1n) is 7.83. The zero-order valence-electron chi connectivity index (χ0n) is 13.0. The lowest BCUT2D eigenvalue weighted by atomic mass is 9.97. The van der Waals surface area contributed by atoms with E-state index in [0.717, 1.165) is 0 Å². The summed E-state index contributed by atoms with van der Waals surface area (Å²) in [5.41, 5.74) is 12.3. The van der Waals surface area contributed by atoms with Crippen LogP contribution in [0.4, 0.5) is 4.39 Å². The molecule has 1 aliphatic rings. The predicted octanol–water partition coefficient (Wildman–Crippen LogP) is 3.26. The van der Waals surface area contributed by atoms with Gasteiger partial charge in [-0.3, -0.25) is 9.78 Å². The number of amides is 1. The quantitative estimate of drug-likeness (QED) is 0.892. The van der Waals surface area contributed by atoms with Gasteiger partial charge in [0.15, 0.2) is 0 Å². The van der Waals surface area contributed by atoms with Gasteiger partial charge in [0.1, 0.15) is 5.82 Å². The maximum atomic E-state index is 13.0. The molecule has 1 saturated carbocycles. The number of halogens is 1. The summed E-state index contributed by atoms with van der Waals surface area (Å²) >= 11 is 0. The van der Waals surface area contributed by atoms with Crippen LogP contribution in [0.25, 0.3) is 11.3 Å². The topological polar surface area (TPSA) is 82.0 Å². The number of primary amides is 1. The molecular formula is C18H22FN3O. The highest BCUT2D eigenvalue weighted by atomic mass is 19.1. The van der Waals surface area contributed by atoms with E-state index in [2.05, 4.69) is 4.98 Å². The van der Waals surface area contributed by atoms with E-state index in [4.69, 9.17) is 11.5 Å². The lowest BCUT2D eigenvalue weighted by Crippen LogP contribution is -2.22. The van der Waals surface area contributed by atoms with Crippen LogP contribution in [0, 0.1) is 5.82 Å². The third-order valence-electron chi connectivity index (χ3n) is 3.82. The Morgan fingerprint density at radius 3 is 2.35 bits per heavy atom. The summed E-state index contributed by atoms with van der Waals surface area (Å²) < 4.78 is 13.0. The summed E-state index contributed by atoms with van der Waals surface area (Å²) in [6.07, 6.45) is 8.04. The second-order valence-electron chi connectivity index (χ2n) is 5.70. The number of aromatic nitrogens is 1. The molecule has 1 aromatic carbocycles. The van der Waals surface area contributed by atoms with Crippen LogP contribution in [-0.4, -0.2) is 16.9 Å². The van der Waals surface area contributed by atoms with Gasteiger partial charge in [-0.15, -0.1) is 0 Å². The summed E-state index contributed by atoms with van der Waals surface area (Å²) in [5, 5.41) is 0. The third kappa shape index (κ3) is 5.45. The van der Waals surface area contributed by atoms with Crippen LogP contribution in [0.5, 0.6) is 0 Å². The fraction of sp³-hybridized carbons (Fsp3) is 0.333. The third-order valence-corrected chi connectivity index (χ3v) is 3.82. The van der Waals surface area contributed by atoms with E-state index < -0.39 is 5.91 Å². The van der Waals surface area contributed by atoms with Gasteiger partial charge in [-0.05, 0) is 37.1 Å². The van der Waals surface area contributed by atoms with Gasteiger partial charge >= 0.3 is 0 Å². The van der Waals surface area contributed by atoms with Crippen molar-refractivity contribution in [3.8, 4) is 11.3 Å². The van der Waals surface area contributed by atoms with Crippen LogP contribution in [0.3, 0.4) is 0 Å². The molecule has 1 heterocycles. The molecule has 1 aromatic heterocycles. The first-order chi connectivity index (χ1) is 11.1. The second-order valence-corrected chi connectivity index (χ2v) is 5.70. The van der Waals surface area contributed by atoms with Crippen molar-refractivity contribution in [2.45, 2.75) is 38.1 Å². The molecular weight excluding hydrogens is 293 g/mol. The van der Waals surface area contributed by atoms with Gasteiger partial charge in [-0.2, -0.15) is 0 Å². The van der Waals surface area contributed by atoms with E-state index in [9.17, 15) is 9.18 Å². The summed E-state index contributed by atoms with van der Waals surface area (Å²) in [6, 6.07) is 9.83. The maximum Gasteiger partial charge on any atom is 0.250 e. The Morgan fingerprint density at radius 2 is 1.87 bits per heavy atom. The highest BCUT2D eigenvalue weighted by Crippen LogP contribution is 2.17. The fourth-order valence-corrected chi connectivity index (χ4v) is 2.49. The molecule has 0 saturated heterocycles. The van der Waals surface area contributed by atoms with Gasteiger partial charge < -0.3 is 11.5 Å². The Kier molecular flexibility index (Phi) is 6.23. The number of nitrogens with zero attached hydrogens (tertiary/aromatic N) is 1. The van der Waals surface area contributed by atoms with Crippen molar-refractivity contribution in [2.24, 2.45) is 11.5 Å². The molecule has 0 atom stereocenters. The Labute approximate surface area is 135 Å². The summed E-state index contributed by atoms with van der Waals surface area (Å²) in [5.74, 6) is -0.850. The molecule has 0 spiro atoms. The number of rotatable bonds is 2. The highest BCUT2D eigenvalue weighted by molar-refractivity contribution is 5.92. The Bertz CT molecular complexity index is 637. The molecule has 0 unspecified atom stereocenters. The van der Waals surface area contributed by atoms with E-state index in [1.54, 1.807) is 24.3 Å². The molecule has 4 nitrogen and oxygen atoms in total. The Hall–Kier alpha value is -2.27. The lowest BCUT2D eigenvalue weighted by Gasteiger charge is -2.15. The van der Waals surface area contributed by atoms with Crippen molar-refractivity contribution in [3.05, 3.63) is 54.0 Å². The van der Waals surface area contributed by atoms with E-state index in [1.165, 1.54) is 50.4 Å². The Balaban J connectivity index is 0.000000229. The summed E-state index contributed by atoms with van der Waals surface area (Å²) in [7, 11) is 0.